The maximum Gasteiger partial charge on any atom is 0.312 e. The highest BCUT2D eigenvalue weighted by Crippen LogP contribution is 2.14. The highest BCUT2D eigenvalue weighted by atomic mass is 16.4. The van der Waals surface area contributed by atoms with Crippen molar-refractivity contribution in [2.24, 2.45) is 0 Å². The summed E-state index contributed by atoms with van der Waals surface area (Å²) in [6, 6.07) is 7.19. The smallest absolute Gasteiger partial charge is 0.312 e. The first-order valence-electron chi connectivity index (χ1n) is 3.82. The molecule has 0 amide bonds. The van der Waals surface area contributed by atoms with E-state index in [4.69, 9.17) is 9.52 Å². The van der Waals surface area contributed by atoms with Crippen LogP contribution in [0.1, 0.15) is 5.89 Å². The lowest BCUT2D eigenvalue weighted by Gasteiger charge is -1.84. The van der Waals surface area contributed by atoms with Gasteiger partial charge in [-0.2, -0.15) is 0 Å². The summed E-state index contributed by atoms with van der Waals surface area (Å²) in [5.74, 6) is -0.694. The molecule has 74 valence electrons. The van der Waals surface area contributed by atoms with Gasteiger partial charge < -0.3 is 15.0 Å². The Morgan fingerprint density at radius 1 is 1.43 bits per heavy atom. The molecule has 2 aromatic rings. The van der Waals surface area contributed by atoms with E-state index in [2.05, 4.69) is 4.98 Å². The Morgan fingerprint density at radius 2 is 2.14 bits per heavy atom. The summed E-state index contributed by atoms with van der Waals surface area (Å²) >= 11 is 0. The van der Waals surface area contributed by atoms with Crippen molar-refractivity contribution in [1.82, 2.24) is 4.98 Å². The van der Waals surface area contributed by atoms with Crippen molar-refractivity contribution in [3.05, 3.63) is 30.2 Å². The Balaban J connectivity index is 0.000000980. The van der Waals surface area contributed by atoms with Crippen molar-refractivity contribution in [3.8, 4) is 0 Å². The highest BCUT2D eigenvalue weighted by molar-refractivity contribution is 5.74. The average Bonchev–Trinajstić information content (AvgIpc) is 2.44. The molecule has 5 nitrogen and oxygen atoms in total. The Hall–Kier alpha value is -1.88. The molecule has 14 heavy (non-hydrogen) atoms. The van der Waals surface area contributed by atoms with Crippen LogP contribution in [0, 0.1) is 0 Å². The Labute approximate surface area is 79.3 Å². The number of aromatic nitrogens is 1. The predicted molar refractivity (Wildman–Crippen MR) is 49.0 cm³/mol. The van der Waals surface area contributed by atoms with Crippen molar-refractivity contribution >= 4 is 17.1 Å². The van der Waals surface area contributed by atoms with Gasteiger partial charge in [0.15, 0.2) is 5.58 Å². The average molecular weight is 195 g/mol. The molecule has 0 aliphatic carbocycles. The van der Waals surface area contributed by atoms with E-state index in [1.54, 1.807) is 12.1 Å². The van der Waals surface area contributed by atoms with E-state index in [1.807, 2.05) is 12.1 Å². The fourth-order valence-electron chi connectivity index (χ4n) is 1.12. The molecule has 0 atom stereocenters. The Bertz CT molecular complexity index is 416. The molecular weight excluding hydrogens is 186 g/mol. The van der Waals surface area contributed by atoms with Gasteiger partial charge in [0.25, 0.3) is 0 Å². The summed E-state index contributed by atoms with van der Waals surface area (Å²) < 4.78 is 5.19. The summed E-state index contributed by atoms with van der Waals surface area (Å²) in [6.45, 7) is 0. The summed E-state index contributed by atoms with van der Waals surface area (Å²) in [4.78, 5) is 14.4. The van der Waals surface area contributed by atoms with E-state index in [9.17, 15) is 4.79 Å². The largest absolute Gasteiger partial charge is 0.481 e. The van der Waals surface area contributed by atoms with E-state index < -0.39 is 5.97 Å². The maximum absolute atomic E-state index is 10.3. The van der Waals surface area contributed by atoms with Gasteiger partial charge >= 0.3 is 5.97 Å². The number of hydrogen-bond donors (Lipinski definition) is 1. The van der Waals surface area contributed by atoms with Gasteiger partial charge in [-0.15, -0.1) is 0 Å². The number of oxazole rings is 1. The van der Waals surface area contributed by atoms with Gasteiger partial charge in [-0.25, -0.2) is 4.98 Å². The molecule has 0 saturated carbocycles. The summed E-state index contributed by atoms with van der Waals surface area (Å²) in [5, 5.41) is 8.49. The number of nitrogens with zero attached hydrogens (tertiary/aromatic N) is 1. The lowest BCUT2D eigenvalue weighted by molar-refractivity contribution is -0.136. The van der Waals surface area contributed by atoms with Gasteiger partial charge in [-0.3, -0.25) is 4.79 Å². The van der Waals surface area contributed by atoms with Crippen LogP contribution in [0.4, 0.5) is 0 Å². The SMILES string of the molecule is O.O=C(O)Cc1nc2ccccc2o1. The monoisotopic (exact) mass is 195 g/mol. The minimum atomic E-state index is -0.938. The van der Waals surface area contributed by atoms with E-state index in [0.717, 1.165) is 0 Å². The third kappa shape index (κ3) is 1.89. The van der Waals surface area contributed by atoms with Crippen LogP contribution in [0.25, 0.3) is 11.1 Å². The molecule has 5 heteroatoms. The fraction of sp³-hybridized carbons (Fsp3) is 0.111. The first kappa shape index (κ1) is 10.2. The van der Waals surface area contributed by atoms with E-state index >= 15 is 0 Å². The lowest BCUT2D eigenvalue weighted by atomic mass is 10.3. The number of para-hydroxylation sites is 2. The molecule has 0 aliphatic rings. The van der Waals surface area contributed by atoms with E-state index in [0.29, 0.717) is 11.1 Å². The normalized spacial score (nSPS) is 9.71. The zero-order valence-corrected chi connectivity index (χ0v) is 7.23. The van der Waals surface area contributed by atoms with Crippen molar-refractivity contribution in [1.29, 1.82) is 0 Å². The molecule has 0 aliphatic heterocycles. The zero-order valence-electron chi connectivity index (χ0n) is 7.23. The first-order valence-corrected chi connectivity index (χ1v) is 3.82. The number of carboxylic acids is 1. The van der Waals surface area contributed by atoms with Gasteiger partial charge in [0.05, 0.1) is 0 Å². The van der Waals surface area contributed by atoms with Crippen LogP contribution in [0.15, 0.2) is 28.7 Å². The molecule has 3 N–H and O–H groups in total. The lowest BCUT2D eigenvalue weighted by Crippen LogP contribution is -1.99. The standard InChI is InChI=1S/C9H7NO3.H2O/c11-9(12)5-8-10-6-3-1-2-4-7(6)13-8;/h1-4H,5H2,(H,11,12);1H2. The van der Waals surface area contributed by atoms with Crippen LogP contribution in [-0.2, 0) is 11.2 Å². The van der Waals surface area contributed by atoms with Crippen molar-refractivity contribution < 1.29 is 19.8 Å². The van der Waals surface area contributed by atoms with Gasteiger partial charge in [0.1, 0.15) is 11.9 Å². The number of benzene rings is 1. The minimum Gasteiger partial charge on any atom is -0.481 e. The Kier molecular flexibility index (Phi) is 2.83. The molecule has 0 spiro atoms. The number of aliphatic carboxylic acids is 1. The fourth-order valence-corrected chi connectivity index (χ4v) is 1.12. The Morgan fingerprint density at radius 3 is 2.79 bits per heavy atom. The molecule has 1 aromatic carbocycles. The van der Waals surface area contributed by atoms with Crippen LogP contribution in [0.2, 0.25) is 0 Å². The molecule has 0 radical (unpaired) electrons. The summed E-state index contributed by atoms with van der Waals surface area (Å²) in [5.41, 5.74) is 1.32. The molecule has 0 saturated heterocycles. The van der Waals surface area contributed by atoms with Gasteiger partial charge in [0.2, 0.25) is 5.89 Å². The number of hydrogen-bond acceptors (Lipinski definition) is 3. The molecule has 0 bridgehead atoms. The van der Waals surface area contributed by atoms with Crippen LogP contribution in [-0.4, -0.2) is 21.5 Å². The van der Waals surface area contributed by atoms with Crippen LogP contribution in [0.3, 0.4) is 0 Å². The van der Waals surface area contributed by atoms with Gasteiger partial charge in [0, 0.05) is 0 Å². The van der Waals surface area contributed by atoms with E-state index in [1.165, 1.54) is 0 Å². The molecule has 0 unspecified atom stereocenters. The predicted octanol–water partition coefficient (Wildman–Crippen LogP) is 0.630. The maximum atomic E-state index is 10.3. The molecular formula is C9H9NO4. The number of carboxylic acid groups (broad SMARTS) is 1. The van der Waals surface area contributed by atoms with E-state index in [-0.39, 0.29) is 17.8 Å². The van der Waals surface area contributed by atoms with Crippen molar-refractivity contribution in [2.45, 2.75) is 6.42 Å². The second-order valence-corrected chi connectivity index (χ2v) is 2.65. The van der Waals surface area contributed by atoms with Crippen LogP contribution in [0.5, 0.6) is 0 Å². The van der Waals surface area contributed by atoms with Crippen molar-refractivity contribution in [3.63, 3.8) is 0 Å². The van der Waals surface area contributed by atoms with Crippen molar-refractivity contribution in [2.75, 3.05) is 0 Å². The summed E-state index contributed by atoms with van der Waals surface area (Å²) in [7, 11) is 0. The number of fused-ring (bicyclic) bond motifs is 1. The molecule has 1 heterocycles. The first-order chi connectivity index (χ1) is 6.25. The van der Waals surface area contributed by atoms with Crippen LogP contribution >= 0.6 is 0 Å². The second kappa shape index (κ2) is 3.89. The quantitative estimate of drug-likeness (QED) is 0.760. The number of rotatable bonds is 2. The third-order valence-electron chi connectivity index (χ3n) is 1.64. The van der Waals surface area contributed by atoms with Gasteiger partial charge in [-0.05, 0) is 12.1 Å². The molecule has 1 aromatic heterocycles. The second-order valence-electron chi connectivity index (χ2n) is 2.65. The minimum absolute atomic E-state index is 0. The molecule has 0 fully saturated rings. The van der Waals surface area contributed by atoms with Crippen LogP contribution < -0.4 is 0 Å². The highest BCUT2D eigenvalue weighted by Gasteiger charge is 2.07. The third-order valence-corrected chi connectivity index (χ3v) is 1.64. The molecule has 2 rings (SSSR count). The van der Waals surface area contributed by atoms with Gasteiger partial charge in [-0.1, -0.05) is 12.1 Å². The topological polar surface area (TPSA) is 94.8 Å². The summed E-state index contributed by atoms with van der Waals surface area (Å²) in [6.07, 6.45) is -0.172. The zero-order chi connectivity index (χ0) is 9.26. The number of carbonyl (C=O) groups is 1.